The van der Waals surface area contributed by atoms with E-state index in [2.05, 4.69) is 19.2 Å². The van der Waals surface area contributed by atoms with Gasteiger partial charge in [-0.3, -0.25) is 0 Å². The zero-order valence-corrected chi connectivity index (χ0v) is 12.5. The fraction of sp³-hybridized carbons (Fsp3) is 0.625. The summed E-state index contributed by atoms with van der Waals surface area (Å²) >= 11 is 6.09. The van der Waals surface area contributed by atoms with E-state index in [1.807, 2.05) is 0 Å². The van der Waals surface area contributed by atoms with E-state index in [1.54, 1.807) is 6.07 Å². The van der Waals surface area contributed by atoms with Gasteiger partial charge in [-0.15, -0.1) is 0 Å². The Morgan fingerprint density at radius 3 is 2.89 bits per heavy atom. The van der Waals surface area contributed by atoms with Crippen molar-refractivity contribution < 1.29 is 4.39 Å². The Morgan fingerprint density at radius 1 is 1.42 bits per heavy atom. The van der Waals surface area contributed by atoms with Crippen LogP contribution in [0.5, 0.6) is 0 Å². The molecule has 1 aromatic rings. The zero-order chi connectivity index (χ0) is 13.8. The lowest BCUT2D eigenvalue weighted by Crippen LogP contribution is -2.28. The van der Waals surface area contributed by atoms with Crippen LogP contribution in [-0.4, -0.2) is 6.54 Å². The third-order valence-electron chi connectivity index (χ3n) is 4.19. The van der Waals surface area contributed by atoms with Crippen LogP contribution in [0.1, 0.15) is 51.1 Å². The van der Waals surface area contributed by atoms with Crippen LogP contribution >= 0.6 is 11.6 Å². The molecule has 0 amide bonds. The minimum absolute atomic E-state index is 0.172. The summed E-state index contributed by atoms with van der Waals surface area (Å²) in [6.45, 7) is 5.46. The van der Waals surface area contributed by atoms with Crippen molar-refractivity contribution in [1.29, 1.82) is 0 Å². The zero-order valence-electron chi connectivity index (χ0n) is 11.8. The van der Waals surface area contributed by atoms with E-state index >= 15 is 0 Å². The molecule has 0 heterocycles. The Balaban J connectivity index is 1.88. The lowest BCUT2D eigenvalue weighted by molar-refractivity contribution is 0.268. The van der Waals surface area contributed by atoms with Crippen LogP contribution in [-0.2, 0) is 0 Å². The van der Waals surface area contributed by atoms with Crippen LogP contribution in [0.2, 0.25) is 5.02 Å². The van der Waals surface area contributed by atoms with Gasteiger partial charge in [0.2, 0.25) is 0 Å². The number of nitrogens with one attached hydrogen (secondary N) is 1. The van der Waals surface area contributed by atoms with Crippen molar-refractivity contribution in [2.45, 2.75) is 45.6 Å². The predicted molar refractivity (Wildman–Crippen MR) is 78.9 cm³/mol. The first-order valence-corrected chi connectivity index (χ1v) is 7.62. The van der Waals surface area contributed by atoms with Crippen molar-refractivity contribution in [1.82, 2.24) is 5.32 Å². The molecule has 3 unspecified atom stereocenters. The highest BCUT2D eigenvalue weighted by Crippen LogP contribution is 2.29. The molecule has 0 bridgehead atoms. The van der Waals surface area contributed by atoms with Gasteiger partial charge in [-0.05, 0) is 55.8 Å². The van der Waals surface area contributed by atoms with Gasteiger partial charge >= 0.3 is 0 Å². The molecule has 19 heavy (non-hydrogen) atoms. The Bertz CT molecular complexity index is 421. The molecule has 3 heteroatoms. The molecule has 2 rings (SSSR count). The Morgan fingerprint density at radius 2 is 2.21 bits per heavy atom. The Labute approximate surface area is 120 Å². The SMILES string of the molecule is CC1CCCC(CNC(C)c2ccc(F)cc2Cl)C1. The lowest BCUT2D eigenvalue weighted by Gasteiger charge is -2.28. The molecule has 3 atom stereocenters. The van der Waals surface area contributed by atoms with Crippen molar-refractivity contribution >= 4 is 11.6 Å². The van der Waals surface area contributed by atoms with Crippen LogP contribution in [0.25, 0.3) is 0 Å². The first kappa shape index (κ1) is 14.8. The molecular formula is C16H23ClFN. The second-order valence-corrected chi connectivity index (χ2v) is 6.34. The molecule has 1 N–H and O–H groups in total. The Hall–Kier alpha value is -0.600. The number of rotatable bonds is 4. The standard InChI is InChI=1S/C16H23ClFN/c1-11-4-3-5-13(8-11)10-19-12(2)15-7-6-14(18)9-16(15)17/h6-7,9,11-13,19H,3-5,8,10H2,1-2H3. The summed E-state index contributed by atoms with van der Waals surface area (Å²) in [7, 11) is 0. The number of hydrogen-bond acceptors (Lipinski definition) is 1. The highest BCUT2D eigenvalue weighted by atomic mass is 35.5. The van der Waals surface area contributed by atoms with Gasteiger partial charge in [0.05, 0.1) is 0 Å². The molecule has 1 fully saturated rings. The molecule has 1 aliphatic rings. The number of halogens is 2. The van der Waals surface area contributed by atoms with Gasteiger partial charge in [0.15, 0.2) is 0 Å². The Kier molecular flexibility index (Phi) is 5.23. The van der Waals surface area contributed by atoms with E-state index in [0.717, 1.165) is 23.9 Å². The van der Waals surface area contributed by atoms with Gasteiger partial charge in [-0.1, -0.05) is 37.4 Å². The summed E-state index contributed by atoms with van der Waals surface area (Å²) in [5.41, 5.74) is 0.979. The van der Waals surface area contributed by atoms with Gasteiger partial charge in [-0.25, -0.2) is 4.39 Å². The number of hydrogen-bond donors (Lipinski definition) is 1. The molecular weight excluding hydrogens is 261 g/mol. The molecule has 0 radical (unpaired) electrons. The first-order chi connectivity index (χ1) is 9.06. The van der Waals surface area contributed by atoms with Gasteiger partial charge in [0, 0.05) is 11.1 Å². The topological polar surface area (TPSA) is 12.0 Å². The van der Waals surface area contributed by atoms with Crippen LogP contribution in [0.4, 0.5) is 4.39 Å². The minimum Gasteiger partial charge on any atom is -0.310 e. The van der Waals surface area contributed by atoms with Crippen LogP contribution < -0.4 is 5.32 Å². The molecule has 1 aromatic carbocycles. The highest BCUT2D eigenvalue weighted by Gasteiger charge is 2.19. The van der Waals surface area contributed by atoms with E-state index in [0.29, 0.717) is 5.02 Å². The van der Waals surface area contributed by atoms with Crippen LogP contribution in [0.3, 0.4) is 0 Å². The first-order valence-electron chi connectivity index (χ1n) is 7.24. The van der Waals surface area contributed by atoms with Gasteiger partial charge in [0.25, 0.3) is 0 Å². The number of benzene rings is 1. The van der Waals surface area contributed by atoms with E-state index in [4.69, 9.17) is 11.6 Å². The maximum absolute atomic E-state index is 13.0. The minimum atomic E-state index is -0.276. The van der Waals surface area contributed by atoms with Crippen molar-refractivity contribution in [2.24, 2.45) is 11.8 Å². The third kappa shape index (κ3) is 4.19. The second-order valence-electron chi connectivity index (χ2n) is 5.93. The van der Waals surface area contributed by atoms with Gasteiger partial charge < -0.3 is 5.32 Å². The summed E-state index contributed by atoms with van der Waals surface area (Å²) in [4.78, 5) is 0. The van der Waals surface area contributed by atoms with Crippen molar-refractivity contribution in [2.75, 3.05) is 6.54 Å². The van der Waals surface area contributed by atoms with Crippen LogP contribution in [0, 0.1) is 17.7 Å². The summed E-state index contributed by atoms with van der Waals surface area (Å²) in [6.07, 6.45) is 5.35. The van der Waals surface area contributed by atoms with E-state index in [1.165, 1.54) is 37.8 Å². The van der Waals surface area contributed by atoms with E-state index in [-0.39, 0.29) is 11.9 Å². The second kappa shape index (κ2) is 6.71. The fourth-order valence-electron chi connectivity index (χ4n) is 3.05. The highest BCUT2D eigenvalue weighted by molar-refractivity contribution is 6.31. The molecule has 1 saturated carbocycles. The monoisotopic (exact) mass is 283 g/mol. The molecule has 0 aliphatic heterocycles. The maximum Gasteiger partial charge on any atom is 0.124 e. The lowest BCUT2D eigenvalue weighted by atomic mass is 9.82. The molecule has 106 valence electrons. The van der Waals surface area contributed by atoms with Gasteiger partial charge in [0.1, 0.15) is 5.82 Å². The van der Waals surface area contributed by atoms with E-state index < -0.39 is 0 Å². The van der Waals surface area contributed by atoms with Crippen molar-refractivity contribution in [3.05, 3.63) is 34.6 Å². The van der Waals surface area contributed by atoms with E-state index in [9.17, 15) is 4.39 Å². The smallest absolute Gasteiger partial charge is 0.124 e. The maximum atomic E-state index is 13.0. The quantitative estimate of drug-likeness (QED) is 0.824. The summed E-state index contributed by atoms with van der Waals surface area (Å²) in [6, 6.07) is 4.81. The van der Waals surface area contributed by atoms with Crippen molar-refractivity contribution in [3.8, 4) is 0 Å². The van der Waals surface area contributed by atoms with Crippen LogP contribution in [0.15, 0.2) is 18.2 Å². The predicted octanol–water partition coefficient (Wildman–Crippen LogP) is 4.96. The summed E-state index contributed by atoms with van der Waals surface area (Å²) < 4.78 is 13.0. The average molecular weight is 284 g/mol. The normalized spacial score (nSPS) is 25.3. The van der Waals surface area contributed by atoms with Gasteiger partial charge in [-0.2, -0.15) is 0 Å². The molecule has 0 aromatic heterocycles. The summed E-state index contributed by atoms with van der Waals surface area (Å²) in [5.74, 6) is 1.35. The fourth-order valence-corrected chi connectivity index (χ4v) is 3.38. The largest absolute Gasteiger partial charge is 0.310 e. The molecule has 1 nitrogen and oxygen atoms in total. The summed E-state index contributed by atoms with van der Waals surface area (Å²) in [5, 5.41) is 4.05. The average Bonchev–Trinajstić information content (AvgIpc) is 2.36. The third-order valence-corrected chi connectivity index (χ3v) is 4.51. The molecule has 0 saturated heterocycles. The molecule has 1 aliphatic carbocycles. The molecule has 0 spiro atoms. The van der Waals surface area contributed by atoms with Crippen molar-refractivity contribution in [3.63, 3.8) is 0 Å².